The van der Waals surface area contributed by atoms with Crippen LogP contribution in [0, 0.1) is 0 Å². The lowest BCUT2D eigenvalue weighted by Crippen LogP contribution is -2.33. The number of benzene rings is 1. The highest BCUT2D eigenvalue weighted by Crippen LogP contribution is 2.29. The first-order valence-corrected chi connectivity index (χ1v) is 7.13. The van der Waals surface area contributed by atoms with E-state index in [1.54, 1.807) is 21.3 Å². The molecular formula is C15H24ClNO3. The lowest BCUT2D eigenvalue weighted by atomic mass is 10.1. The van der Waals surface area contributed by atoms with Crippen molar-refractivity contribution in [2.24, 2.45) is 0 Å². The quantitative estimate of drug-likeness (QED) is 0.622. The zero-order chi connectivity index (χ0) is 14.8. The first-order chi connectivity index (χ1) is 9.72. The summed E-state index contributed by atoms with van der Waals surface area (Å²) in [7, 11) is 5.07. The Hall–Kier alpha value is -0.810. The second-order valence-corrected chi connectivity index (χ2v) is 5.02. The molecule has 0 aliphatic rings. The van der Waals surface area contributed by atoms with Crippen molar-refractivity contribution >= 4 is 11.6 Å². The van der Waals surface area contributed by atoms with Crippen LogP contribution in [0.25, 0.3) is 0 Å². The van der Waals surface area contributed by atoms with E-state index < -0.39 is 0 Å². The highest BCUT2D eigenvalue weighted by atomic mass is 35.5. The number of nitrogens with zero attached hydrogens (tertiary/aromatic N) is 1. The predicted molar refractivity (Wildman–Crippen MR) is 81.8 cm³/mol. The van der Waals surface area contributed by atoms with Gasteiger partial charge in [-0.2, -0.15) is 0 Å². The first kappa shape index (κ1) is 17.2. The monoisotopic (exact) mass is 301 g/mol. The molecule has 4 nitrogen and oxygen atoms in total. The molecule has 0 aliphatic carbocycles. The first-order valence-electron chi connectivity index (χ1n) is 6.70. The average Bonchev–Trinajstić information content (AvgIpc) is 2.49. The van der Waals surface area contributed by atoms with E-state index in [-0.39, 0.29) is 5.38 Å². The summed E-state index contributed by atoms with van der Waals surface area (Å²) in [6.45, 7) is 3.75. The number of methoxy groups -OCH3 is 3. The third kappa shape index (κ3) is 5.67. The fourth-order valence-corrected chi connectivity index (χ4v) is 2.36. The molecule has 0 aliphatic heterocycles. The van der Waals surface area contributed by atoms with Gasteiger partial charge in [-0.15, -0.1) is 11.6 Å². The van der Waals surface area contributed by atoms with Crippen molar-refractivity contribution < 1.29 is 14.2 Å². The summed E-state index contributed by atoms with van der Waals surface area (Å²) >= 11 is 6.54. The Morgan fingerprint density at radius 3 is 2.20 bits per heavy atom. The second kappa shape index (κ2) is 10.00. The molecule has 0 aromatic heterocycles. The van der Waals surface area contributed by atoms with Crippen molar-refractivity contribution in [1.82, 2.24) is 4.90 Å². The fourth-order valence-electron chi connectivity index (χ4n) is 1.99. The van der Waals surface area contributed by atoms with E-state index in [4.69, 9.17) is 25.8 Å². The Morgan fingerprint density at radius 1 is 1.05 bits per heavy atom. The van der Waals surface area contributed by atoms with Gasteiger partial charge in [0.1, 0.15) is 5.75 Å². The van der Waals surface area contributed by atoms with Crippen molar-refractivity contribution in [1.29, 1.82) is 0 Å². The van der Waals surface area contributed by atoms with Crippen LogP contribution in [0.5, 0.6) is 5.75 Å². The van der Waals surface area contributed by atoms with E-state index >= 15 is 0 Å². The van der Waals surface area contributed by atoms with Crippen molar-refractivity contribution in [2.75, 3.05) is 54.2 Å². The summed E-state index contributed by atoms with van der Waals surface area (Å²) in [6, 6.07) is 7.85. The number of rotatable bonds is 10. The molecule has 1 rings (SSSR count). The Labute approximate surface area is 126 Å². The van der Waals surface area contributed by atoms with E-state index in [9.17, 15) is 0 Å². The van der Waals surface area contributed by atoms with Crippen molar-refractivity contribution in [3.8, 4) is 5.75 Å². The van der Waals surface area contributed by atoms with Gasteiger partial charge < -0.3 is 14.2 Å². The Morgan fingerprint density at radius 2 is 1.65 bits per heavy atom. The van der Waals surface area contributed by atoms with E-state index in [1.807, 2.05) is 24.3 Å². The molecule has 0 N–H and O–H groups in total. The number of hydrogen-bond donors (Lipinski definition) is 0. The third-order valence-electron chi connectivity index (χ3n) is 3.12. The van der Waals surface area contributed by atoms with E-state index in [0.29, 0.717) is 13.2 Å². The molecule has 0 bridgehead atoms. The van der Waals surface area contributed by atoms with Gasteiger partial charge in [0.05, 0.1) is 25.7 Å². The van der Waals surface area contributed by atoms with Crippen molar-refractivity contribution in [3.63, 3.8) is 0 Å². The molecule has 0 fully saturated rings. The minimum atomic E-state index is -0.125. The van der Waals surface area contributed by atoms with Gasteiger partial charge in [-0.3, -0.25) is 4.90 Å². The summed E-state index contributed by atoms with van der Waals surface area (Å²) in [4.78, 5) is 2.23. The third-order valence-corrected chi connectivity index (χ3v) is 3.49. The number of halogens is 1. The normalized spacial score (nSPS) is 12.7. The maximum atomic E-state index is 6.54. The van der Waals surface area contributed by atoms with Crippen molar-refractivity contribution in [2.45, 2.75) is 5.38 Å². The van der Waals surface area contributed by atoms with Crippen LogP contribution in [-0.4, -0.2) is 59.1 Å². The Kier molecular flexibility index (Phi) is 8.62. The van der Waals surface area contributed by atoms with Gasteiger partial charge in [0.15, 0.2) is 0 Å². The number of alkyl halides is 1. The van der Waals surface area contributed by atoms with E-state index in [1.165, 1.54) is 0 Å². The molecule has 0 amide bonds. The van der Waals surface area contributed by atoms with Crippen LogP contribution < -0.4 is 4.74 Å². The van der Waals surface area contributed by atoms with Gasteiger partial charge in [-0.1, -0.05) is 18.2 Å². The molecule has 0 radical (unpaired) electrons. The molecule has 1 unspecified atom stereocenters. The smallest absolute Gasteiger partial charge is 0.123 e. The standard InChI is InChI=1S/C15H24ClNO3/c1-18-10-8-17(9-11-19-2)12-14(16)13-6-4-5-7-15(13)20-3/h4-7,14H,8-12H2,1-3H3. The summed E-state index contributed by atoms with van der Waals surface area (Å²) in [5.74, 6) is 0.825. The molecule has 0 heterocycles. The topological polar surface area (TPSA) is 30.9 Å². The average molecular weight is 302 g/mol. The maximum absolute atomic E-state index is 6.54. The minimum absolute atomic E-state index is 0.125. The van der Waals surface area contributed by atoms with Crippen LogP contribution >= 0.6 is 11.6 Å². The lowest BCUT2D eigenvalue weighted by Gasteiger charge is -2.25. The lowest BCUT2D eigenvalue weighted by molar-refractivity contribution is 0.114. The Bertz CT molecular complexity index is 368. The summed E-state index contributed by atoms with van der Waals surface area (Å²) in [5.41, 5.74) is 1.01. The molecule has 1 aromatic rings. The molecule has 5 heteroatoms. The summed E-state index contributed by atoms with van der Waals surface area (Å²) in [6.07, 6.45) is 0. The van der Waals surface area contributed by atoms with Crippen LogP contribution in [-0.2, 0) is 9.47 Å². The van der Waals surface area contributed by atoms with Crippen molar-refractivity contribution in [3.05, 3.63) is 29.8 Å². The molecule has 1 atom stereocenters. The zero-order valence-corrected chi connectivity index (χ0v) is 13.2. The van der Waals surface area contributed by atoms with Crippen LogP contribution in [0.1, 0.15) is 10.9 Å². The van der Waals surface area contributed by atoms with Gasteiger partial charge in [0.2, 0.25) is 0 Å². The SMILES string of the molecule is COCCN(CCOC)CC(Cl)c1ccccc1OC. The number of para-hydroxylation sites is 1. The predicted octanol–water partition coefficient (Wildman–Crippen LogP) is 2.57. The molecule has 0 saturated heterocycles. The summed E-state index contributed by atoms with van der Waals surface area (Å²) < 4.78 is 15.6. The molecule has 1 aromatic carbocycles. The highest BCUT2D eigenvalue weighted by molar-refractivity contribution is 6.21. The molecule has 0 spiro atoms. The number of hydrogen-bond acceptors (Lipinski definition) is 4. The van der Waals surface area contributed by atoms with Gasteiger partial charge in [0, 0.05) is 39.4 Å². The second-order valence-electron chi connectivity index (χ2n) is 4.50. The molecule has 114 valence electrons. The largest absolute Gasteiger partial charge is 0.496 e. The van der Waals surface area contributed by atoms with Gasteiger partial charge in [-0.25, -0.2) is 0 Å². The molecule has 20 heavy (non-hydrogen) atoms. The highest BCUT2D eigenvalue weighted by Gasteiger charge is 2.16. The number of ether oxygens (including phenoxy) is 3. The molecule has 0 saturated carbocycles. The van der Waals surface area contributed by atoms with E-state index in [2.05, 4.69) is 4.90 Å². The fraction of sp³-hybridized carbons (Fsp3) is 0.600. The minimum Gasteiger partial charge on any atom is -0.496 e. The van der Waals surface area contributed by atoms with Gasteiger partial charge >= 0.3 is 0 Å². The van der Waals surface area contributed by atoms with Gasteiger partial charge in [0.25, 0.3) is 0 Å². The summed E-state index contributed by atoms with van der Waals surface area (Å²) in [5, 5.41) is -0.125. The van der Waals surface area contributed by atoms with Crippen LogP contribution in [0.3, 0.4) is 0 Å². The Balaban J connectivity index is 2.65. The van der Waals surface area contributed by atoms with Gasteiger partial charge in [-0.05, 0) is 6.07 Å². The van der Waals surface area contributed by atoms with Crippen LogP contribution in [0.15, 0.2) is 24.3 Å². The maximum Gasteiger partial charge on any atom is 0.123 e. The van der Waals surface area contributed by atoms with Crippen LogP contribution in [0.4, 0.5) is 0 Å². The molecular weight excluding hydrogens is 278 g/mol. The van der Waals surface area contributed by atoms with Crippen LogP contribution in [0.2, 0.25) is 0 Å². The van der Waals surface area contributed by atoms with E-state index in [0.717, 1.165) is 30.9 Å². The zero-order valence-electron chi connectivity index (χ0n) is 12.5.